The maximum atomic E-state index is 12.0. The quantitative estimate of drug-likeness (QED) is 0.746. The van der Waals surface area contributed by atoms with Crippen molar-refractivity contribution in [2.75, 3.05) is 0 Å². The zero-order valence-corrected chi connectivity index (χ0v) is 8.18. The number of rotatable bonds is 4. The first kappa shape index (κ1) is 11.9. The lowest BCUT2D eigenvalue weighted by molar-refractivity contribution is -0.274. The highest BCUT2D eigenvalue weighted by Crippen LogP contribution is 2.27. The standard InChI is InChI=1S/C11H12F3O/c1-2-3-6-9-7-4-5-8-10(9)15-11(12,13)14/h4-5,7-8H,1-3,6H2. The number of para-hydroxylation sites is 1. The third-order valence-electron chi connectivity index (χ3n) is 1.89. The second-order valence-electron chi connectivity index (χ2n) is 3.11. The monoisotopic (exact) mass is 217 g/mol. The molecule has 0 N–H and O–H groups in total. The molecule has 0 bridgehead atoms. The molecule has 0 aromatic heterocycles. The Labute approximate surface area is 86.9 Å². The van der Waals surface area contributed by atoms with Crippen molar-refractivity contribution in [3.05, 3.63) is 36.8 Å². The molecule has 0 spiro atoms. The third kappa shape index (κ3) is 4.23. The molecular formula is C11H12F3O. The van der Waals surface area contributed by atoms with Crippen LogP contribution in [0.1, 0.15) is 18.4 Å². The van der Waals surface area contributed by atoms with Crippen LogP contribution in [0.2, 0.25) is 0 Å². The van der Waals surface area contributed by atoms with E-state index in [4.69, 9.17) is 0 Å². The van der Waals surface area contributed by atoms with E-state index in [-0.39, 0.29) is 5.75 Å². The Hall–Kier alpha value is -1.19. The van der Waals surface area contributed by atoms with E-state index in [0.717, 1.165) is 6.42 Å². The van der Waals surface area contributed by atoms with Crippen molar-refractivity contribution in [1.29, 1.82) is 0 Å². The van der Waals surface area contributed by atoms with Crippen LogP contribution in [0, 0.1) is 6.92 Å². The van der Waals surface area contributed by atoms with Crippen molar-refractivity contribution in [3.8, 4) is 5.75 Å². The molecule has 1 radical (unpaired) electrons. The van der Waals surface area contributed by atoms with Gasteiger partial charge in [0.25, 0.3) is 0 Å². The maximum Gasteiger partial charge on any atom is 0.573 e. The first-order chi connectivity index (χ1) is 7.03. The van der Waals surface area contributed by atoms with Crippen LogP contribution in [-0.2, 0) is 6.42 Å². The van der Waals surface area contributed by atoms with Crippen LogP contribution in [0.5, 0.6) is 5.75 Å². The predicted molar refractivity (Wildman–Crippen MR) is 51.4 cm³/mol. The fraction of sp³-hybridized carbons (Fsp3) is 0.364. The first-order valence-corrected chi connectivity index (χ1v) is 4.66. The molecule has 15 heavy (non-hydrogen) atoms. The molecule has 0 unspecified atom stereocenters. The molecule has 0 aliphatic heterocycles. The highest BCUT2D eigenvalue weighted by molar-refractivity contribution is 5.33. The molecule has 1 nitrogen and oxygen atoms in total. The van der Waals surface area contributed by atoms with Crippen LogP contribution in [0.15, 0.2) is 24.3 Å². The molecule has 83 valence electrons. The fourth-order valence-electron chi connectivity index (χ4n) is 1.25. The summed E-state index contributed by atoms with van der Waals surface area (Å²) < 4.78 is 39.9. The normalized spacial score (nSPS) is 11.5. The largest absolute Gasteiger partial charge is 0.573 e. The second-order valence-corrected chi connectivity index (χ2v) is 3.11. The molecule has 0 heterocycles. The van der Waals surface area contributed by atoms with E-state index in [2.05, 4.69) is 11.7 Å². The van der Waals surface area contributed by atoms with Gasteiger partial charge in [-0.15, -0.1) is 13.2 Å². The van der Waals surface area contributed by atoms with E-state index in [9.17, 15) is 13.2 Å². The lowest BCUT2D eigenvalue weighted by atomic mass is 10.1. The minimum Gasteiger partial charge on any atom is -0.406 e. The summed E-state index contributed by atoms with van der Waals surface area (Å²) in [7, 11) is 0. The summed E-state index contributed by atoms with van der Waals surface area (Å²) in [5, 5.41) is 0. The van der Waals surface area contributed by atoms with Crippen molar-refractivity contribution in [2.45, 2.75) is 25.6 Å². The first-order valence-electron chi connectivity index (χ1n) is 4.66. The van der Waals surface area contributed by atoms with Gasteiger partial charge in [-0.1, -0.05) is 31.5 Å². The number of halogens is 3. The van der Waals surface area contributed by atoms with Crippen molar-refractivity contribution in [2.24, 2.45) is 0 Å². The van der Waals surface area contributed by atoms with Gasteiger partial charge in [-0.05, 0) is 24.5 Å². The Morgan fingerprint density at radius 2 is 1.87 bits per heavy atom. The number of unbranched alkanes of at least 4 members (excludes halogenated alkanes) is 1. The van der Waals surface area contributed by atoms with Crippen molar-refractivity contribution >= 4 is 0 Å². The topological polar surface area (TPSA) is 9.23 Å². The number of aryl methyl sites for hydroxylation is 1. The summed E-state index contributed by atoms with van der Waals surface area (Å²) >= 11 is 0. The minimum absolute atomic E-state index is 0.113. The Balaban J connectivity index is 2.77. The molecule has 0 saturated carbocycles. The van der Waals surface area contributed by atoms with Gasteiger partial charge in [0.2, 0.25) is 0 Å². The van der Waals surface area contributed by atoms with E-state index in [1.807, 2.05) is 0 Å². The number of hydrogen-bond acceptors (Lipinski definition) is 1. The Bertz CT molecular complexity index is 307. The van der Waals surface area contributed by atoms with Gasteiger partial charge in [-0.2, -0.15) is 0 Å². The molecule has 0 fully saturated rings. The van der Waals surface area contributed by atoms with Gasteiger partial charge in [-0.25, -0.2) is 0 Å². The van der Waals surface area contributed by atoms with Crippen LogP contribution >= 0.6 is 0 Å². The molecule has 4 heteroatoms. The van der Waals surface area contributed by atoms with Gasteiger partial charge in [0, 0.05) is 0 Å². The smallest absolute Gasteiger partial charge is 0.406 e. The maximum absolute atomic E-state index is 12.0. The minimum atomic E-state index is -4.62. The molecule has 1 rings (SSSR count). The molecule has 1 aromatic rings. The Kier molecular flexibility index (Phi) is 4.00. The van der Waals surface area contributed by atoms with E-state index in [1.54, 1.807) is 12.1 Å². The number of alkyl halides is 3. The van der Waals surface area contributed by atoms with Gasteiger partial charge >= 0.3 is 6.36 Å². The lowest BCUT2D eigenvalue weighted by Gasteiger charge is -2.12. The molecule has 0 saturated heterocycles. The SMILES string of the molecule is [CH2]CCCc1ccccc1OC(F)(F)F. The van der Waals surface area contributed by atoms with E-state index < -0.39 is 6.36 Å². The highest BCUT2D eigenvalue weighted by Gasteiger charge is 2.31. The van der Waals surface area contributed by atoms with Crippen LogP contribution in [0.3, 0.4) is 0 Å². The molecular weight excluding hydrogens is 205 g/mol. The lowest BCUT2D eigenvalue weighted by Crippen LogP contribution is -2.18. The van der Waals surface area contributed by atoms with E-state index in [0.29, 0.717) is 18.4 Å². The Morgan fingerprint density at radius 1 is 1.20 bits per heavy atom. The van der Waals surface area contributed by atoms with Gasteiger partial charge in [-0.3, -0.25) is 0 Å². The summed E-state index contributed by atoms with van der Waals surface area (Å²) in [5.74, 6) is -0.113. The van der Waals surface area contributed by atoms with Crippen molar-refractivity contribution < 1.29 is 17.9 Å². The number of benzene rings is 1. The number of ether oxygens (including phenoxy) is 1. The average Bonchev–Trinajstić information content (AvgIpc) is 2.14. The predicted octanol–water partition coefficient (Wildman–Crippen LogP) is 3.74. The van der Waals surface area contributed by atoms with E-state index >= 15 is 0 Å². The Morgan fingerprint density at radius 3 is 2.47 bits per heavy atom. The van der Waals surface area contributed by atoms with Gasteiger partial charge in [0.15, 0.2) is 0 Å². The summed E-state index contributed by atoms with van der Waals surface area (Å²) in [5.41, 5.74) is 0.568. The number of hydrogen-bond donors (Lipinski definition) is 0. The van der Waals surface area contributed by atoms with Crippen LogP contribution in [0.25, 0.3) is 0 Å². The van der Waals surface area contributed by atoms with Gasteiger partial charge < -0.3 is 4.74 Å². The zero-order chi connectivity index (χ0) is 11.3. The zero-order valence-electron chi connectivity index (χ0n) is 8.18. The van der Waals surface area contributed by atoms with Crippen molar-refractivity contribution in [1.82, 2.24) is 0 Å². The molecule has 1 aromatic carbocycles. The van der Waals surface area contributed by atoms with E-state index in [1.165, 1.54) is 12.1 Å². The molecule has 0 aliphatic rings. The fourth-order valence-corrected chi connectivity index (χ4v) is 1.25. The molecule has 0 aliphatic carbocycles. The van der Waals surface area contributed by atoms with Crippen LogP contribution in [0.4, 0.5) is 13.2 Å². The summed E-state index contributed by atoms with van der Waals surface area (Å²) in [4.78, 5) is 0. The third-order valence-corrected chi connectivity index (χ3v) is 1.89. The average molecular weight is 217 g/mol. The molecule has 0 amide bonds. The van der Waals surface area contributed by atoms with Crippen LogP contribution < -0.4 is 4.74 Å². The van der Waals surface area contributed by atoms with Crippen LogP contribution in [-0.4, -0.2) is 6.36 Å². The van der Waals surface area contributed by atoms with Crippen molar-refractivity contribution in [3.63, 3.8) is 0 Å². The summed E-state index contributed by atoms with van der Waals surface area (Å²) in [6.45, 7) is 3.64. The van der Waals surface area contributed by atoms with Gasteiger partial charge in [0.05, 0.1) is 0 Å². The second kappa shape index (κ2) is 5.05. The highest BCUT2D eigenvalue weighted by atomic mass is 19.4. The summed E-state index contributed by atoms with van der Waals surface area (Å²) in [6.07, 6.45) is -2.63. The van der Waals surface area contributed by atoms with Gasteiger partial charge in [0.1, 0.15) is 5.75 Å². The molecule has 0 atom stereocenters. The summed E-state index contributed by atoms with van der Waals surface area (Å²) in [6, 6.07) is 6.18.